The van der Waals surface area contributed by atoms with Gasteiger partial charge in [0.2, 0.25) is 0 Å². The van der Waals surface area contributed by atoms with Crippen molar-refractivity contribution in [3.8, 4) is 0 Å². The summed E-state index contributed by atoms with van der Waals surface area (Å²) >= 11 is 0. The van der Waals surface area contributed by atoms with Gasteiger partial charge in [0.1, 0.15) is 0 Å². The molecule has 0 aromatic rings. The molecule has 0 bridgehead atoms. The molecule has 0 aliphatic heterocycles. The van der Waals surface area contributed by atoms with Crippen LogP contribution in [0.3, 0.4) is 0 Å². The lowest BCUT2D eigenvalue weighted by Gasteiger charge is -2.00. The van der Waals surface area contributed by atoms with Crippen LogP contribution in [-0.4, -0.2) is 12.6 Å². The van der Waals surface area contributed by atoms with Crippen LogP contribution >= 0.6 is 0 Å². The van der Waals surface area contributed by atoms with Gasteiger partial charge in [-0.2, -0.15) is 0 Å². The molecular weight excluding hydrogens is 140 g/mol. The second kappa shape index (κ2) is 5.75. The summed E-state index contributed by atoms with van der Waals surface area (Å²) in [6.45, 7) is 7.67. The lowest BCUT2D eigenvalue weighted by Crippen LogP contribution is -2.04. The highest BCUT2D eigenvalue weighted by Crippen LogP contribution is 2.04. The van der Waals surface area contributed by atoms with Crippen LogP contribution in [0, 0.1) is 0 Å². The van der Waals surface area contributed by atoms with Crippen molar-refractivity contribution < 1.29 is 9.53 Å². The predicted octanol–water partition coefficient (Wildman–Crippen LogP) is 2.06. The van der Waals surface area contributed by atoms with E-state index in [0.717, 1.165) is 12.0 Å². The van der Waals surface area contributed by atoms with E-state index in [-0.39, 0.29) is 5.97 Å². The number of hydrogen-bond acceptors (Lipinski definition) is 2. The molecule has 0 unspecified atom stereocenters. The lowest BCUT2D eigenvalue weighted by atomic mass is 10.1. The maximum atomic E-state index is 10.9. The Morgan fingerprint density at radius 1 is 1.55 bits per heavy atom. The molecule has 0 aliphatic carbocycles. The second-order valence-corrected chi connectivity index (χ2v) is 2.12. The van der Waals surface area contributed by atoms with Gasteiger partial charge in [-0.25, -0.2) is 0 Å². The van der Waals surface area contributed by atoms with Crippen molar-refractivity contribution in [1.29, 1.82) is 0 Å². The zero-order chi connectivity index (χ0) is 8.69. The number of carbonyl (C=O) groups is 1. The molecule has 0 rings (SSSR count). The first-order chi connectivity index (χ1) is 5.24. The van der Waals surface area contributed by atoms with Crippen LogP contribution in [0.1, 0.15) is 26.7 Å². The molecule has 0 saturated heterocycles. The topological polar surface area (TPSA) is 26.3 Å². The molecule has 0 aliphatic rings. The Balaban J connectivity index is 3.83. The van der Waals surface area contributed by atoms with Crippen LogP contribution in [0.5, 0.6) is 0 Å². The highest BCUT2D eigenvalue weighted by Gasteiger charge is 2.03. The fourth-order valence-electron chi connectivity index (χ4n) is 0.699. The van der Waals surface area contributed by atoms with E-state index in [2.05, 4.69) is 12.3 Å². The quantitative estimate of drug-likeness (QED) is 0.457. The van der Waals surface area contributed by atoms with Gasteiger partial charge in [-0.3, -0.25) is 4.79 Å². The SMILES string of the molecule is C=C=C(CC)CC(=O)OCC. The van der Waals surface area contributed by atoms with Gasteiger partial charge in [0.05, 0.1) is 13.0 Å². The Kier molecular flexibility index (Phi) is 5.22. The van der Waals surface area contributed by atoms with Crippen LogP contribution in [0.2, 0.25) is 0 Å². The second-order valence-electron chi connectivity index (χ2n) is 2.12. The summed E-state index contributed by atoms with van der Waals surface area (Å²) in [5.74, 6) is -0.194. The third-order valence-electron chi connectivity index (χ3n) is 1.34. The maximum absolute atomic E-state index is 10.9. The first kappa shape index (κ1) is 9.99. The van der Waals surface area contributed by atoms with Gasteiger partial charge in [0, 0.05) is 0 Å². The maximum Gasteiger partial charge on any atom is 0.310 e. The molecule has 2 heteroatoms. The van der Waals surface area contributed by atoms with E-state index in [9.17, 15) is 4.79 Å². The fourth-order valence-corrected chi connectivity index (χ4v) is 0.699. The third kappa shape index (κ3) is 4.40. The molecule has 0 amide bonds. The van der Waals surface area contributed by atoms with Gasteiger partial charge in [-0.1, -0.05) is 13.5 Å². The van der Waals surface area contributed by atoms with E-state index in [0.29, 0.717) is 13.0 Å². The highest BCUT2D eigenvalue weighted by molar-refractivity contribution is 5.72. The van der Waals surface area contributed by atoms with Gasteiger partial charge < -0.3 is 4.74 Å². The van der Waals surface area contributed by atoms with E-state index in [1.54, 1.807) is 6.92 Å². The molecule has 0 atom stereocenters. The number of carbonyl (C=O) groups excluding carboxylic acids is 1. The first-order valence-electron chi connectivity index (χ1n) is 3.78. The number of esters is 1. The average Bonchev–Trinajstić information content (AvgIpc) is 2.01. The van der Waals surface area contributed by atoms with Crippen LogP contribution in [0.25, 0.3) is 0 Å². The summed E-state index contributed by atoms with van der Waals surface area (Å²) in [7, 11) is 0. The van der Waals surface area contributed by atoms with Crippen molar-refractivity contribution in [2.45, 2.75) is 26.7 Å². The first-order valence-corrected chi connectivity index (χ1v) is 3.78. The van der Waals surface area contributed by atoms with Gasteiger partial charge in [-0.05, 0) is 18.9 Å². The molecule has 0 spiro atoms. The average molecular weight is 154 g/mol. The Morgan fingerprint density at radius 3 is 2.55 bits per heavy atom. The van der Waals surface area contributed by atoms with E-state index < -0.39 is 0 Å². The van der Waals surface area contributed by atoms with Crippen LogP contribution in [0.4, 0.5) is 0 Å². The van der Waals surface area contributed by atoms with Crippen molar-refractivity contribution >= 4 is 5.97 Å². The molecule has 11 heavy (non-hydrogen) atoms. The molecular formula is C9H14O2. The standard InChI is InChI=1S/C9H14O2/c1-4-8(5-2)7-9(10)11-6-3/h1,5-7H2,2-3H3. The van der Waals surface area contributed by atoms with Crippen molar-refractivity contribution in [3.05, 3.63) is 17.9 Å². The molecule has 0 heterocycles. The summed E-state index contributed by atoms with van der Waals surface area (Å²) in [6, 6.07) is 0. The van der Waals surface area contributed by atoms with Crippen LogP contribution in [0.15, 0.2) is 17.9 Å². The van der Waals surface area contributed by atoms with Gasteiger partial charge >= 0.3 is 5.97 Å². The molecule has 0 aromatic carbocycles. The van der Waals surface area contributed by atoms with Crippen molar-refractivity contribution in [2.75, 3.05) is 6.61 Å². The highest BCUT2D eigenvalue weighted by atomic mass is 16.5. The van der Waals surface area contributed by atoms with E-state index in [1.165, 1.54) is 0 Å². The van der Waals surface area contributed by atoms with Crippen molar-refractivity contribution in [3.63, 3.8) is 0 Å². The Morgan fingerprint density at radius 2 is 2.18 bits per heavy atom. The summed E-state index contributed by atoms with van der Waals surface area (Å²) in [4.78, 5) is 10.9. The molecule has 0 radical (unpaired) electrons. The largest absolute Gasteiger partial charge is 0.466 e. The zero-order valence-electron chi connectivity index (χ0n) is 7.14. The molecule has 0 fully saturated rings. The van der Waals surface area contributed by atoms with Gasteiger partial charge in [-0.15, -0.1) is 5.73 Å². The smallest absolute Gasteiger partial charge is 0.310 e. The van der Waals surface area contributed by atoms with Crippen molar-refractivity contribution in [2.24, 2.45) is 0 Å². The normalized spacial score (nSPS) is 8.55. The summed E-state index contributed by atoms with van der Waals surface area (Å²) in [5, 5.41) is 0. The minimum absolute atomic E-state index is 0.194. The van der Waals surface area contributed by atoms with Gasteiger partial charge in [0.15, 0.2) is 0 Å². The number of rotatable bonds is 4. The van der Waals surface area contributed by atoms with Crippen LogP contribution < -0.4 is 0 Å². The Labute approximate surface area is 67.6 Å². The Bertz CT molecular complexity index is 176. The molecule has 62 valence electrons. The fraction of sp³-hybridized carbons (Fsp3) is 0.556. The molecule has 0 aromatic heterocycles. The van der Waals surface area contributed by atoms with Crippen LogP contribution in [-0.2, 0) is 9.53 Å². The number of ether oxygens (including phenoxy) is 1. The molecule has 0 saturated carbocycles. The van der Waals surface area contributed by atoms with Crippen molar-refractivity contribution in [1.82, 2.24) is 0 Å². The third-order valence-corrected chi connectivity index (χ3v) is 1.34. The predicted molar refractivity (Wildman–Crippen MR) is 44.2 cm³/mol. The van der Waals surface area contributed by atoms with Gasteiger partial charge in [0.25, 0.3) is 0 Å². The lowest BCUT2D eigenvalue weighted by molar-refractivity contribution is -0.142. The molecule has 0 N–H and O–H groups in total. The minimum Gasteiger partial charge on any atom is -0.466 e. The molecule has 2 nitrogen and oxygen atoms in total. The Hall–Kier alpha value is -1.01. The number of hydrogen-bond donors (Lipinski definition) is 0. The monoisotopic (exact) mass is 154 g/mol. The van der Waals surface area contributed by atoms with E-state index in [4.69, 9.17) is 4.74 Å². The summed E-state index contributed by atoms with van der Waals surface area (Å²) in [5.41, 5.74) is 3.61. The van der Waals surface area contributed by atoms with E-state index in [1.807, 2.05) is 6.92 Å². The summed E-state index contributed by atoms with van der Waals surface area (Å²) < 4.78 is 4.75. The summed E-state index contributed by atoms with van der Waals surface area (Å²) in [6.07, 6.45) is 1.14. The minimum atomic E-state index is -0.194. The van der Waals surface area contributed by atoms with E-state index >= 15 is 0 Å². The zero-order valence-corrected chi connectivity index (χ0v) is 7.14.